The van der Waals surface area contributed by atoms with Crippen molar-refractivity contribution in [2.24, 2.45) is 0 Å². The highest BCUT2D eigenvalue weighted by atomic mass is 35.5. The third-order valence-corrected chi connectivity index (χ3v) is 3.04. The molecule has 0 spiro atoms. The van der Waals surface area contributed by atoms with E-state index in [4.69, 9.17) is 23.2 Å². The first-order valence-corrected chi connectivity index (χ1v) is 6.44. The summed E-state index contributed by atoms with van der Waals surface area (Å²) in [6, 6.07) is 15.5. The highest BCUT2D eigenvalue weighted by Crippen LogP contribution is 2.10. The van der Waals surface area contributed by atoms with E-state index in [9.17, 15) is 0 Å². The van der Waals surface area contributed by atoms with Gasteiger partial charge < -0.3 is 0 Å². The molecule has 102 valence electrons. The number of halogens is 3. The molecule has 0 aliphatic carbocycles. The zero-order valence-corrected chi connectivity index (χ0v) is 12.5. The molecule has 0 saturated carbocycles. The molecule has 2 aromatic rings. The van der Waals surface area contributed by atoms with Gasteiger partial charge in [-0.25, -0.2) is 0 Å². The van der Waals surface area contributed by atoms with E-state index in [0.29, 0.717) is 0 Å². The largest absolute Gasteiger partial charge is 0.253 e. The number of benzene rings is 2. The summed E-state index contributed by atoms with van der Waals surface area (Å²) in [5, 5.41) is 1.51. The van der Waals surface area contributed by atoms with E-state index in [1.165, 1.54) is 11.1 Å². The molecule has 0 aliphatic heterocycles. The maximum absolute atomic E-state index is 5.82. The fraction of sp³-hybridized carbons (Fsp3) is 0.143. The van der Waals surface area contributed by atoms with Gasteiger partial charge in [-0.3, -0.25) is 10.9 Å². The molecule has 2 aromatic carbocycles. The first-order valence-electron chi connectivity index (χ1n) is 5.68. The Morgan fingerprint density at radius 3 is 1.26 bits per heavy atom. The third kappa shape index (κ3) is 5.81. The van der Waals surface area contributed by atoms with Gasteiger partial charge in [0.1, 0.15) is 0 Å². The van der Waals surface area contributed by atoms with Crippen molar-refractivity contribution in [3.63, 3.8) is 0 Å². The van der Waals surface area contributed by atoms with E-state index in [2.05, 4.69) is 10.9 Å². The molecule has 0 radical (unpaired) electrons. The van der Waals surface area contributed by atoms with Crippen LogP contribution < -0.4 is 10.9 Å². The topological polar surface area (TPSA) is 24.1 Å². The Labute approximate surface area is 129 Å². The predicted octanol–water partition coefficient (Wildman–Crippen LogP) is 4.21. The van der Waals surface area contributed by atoms with Crippen LogP contribution in [-0.2, 0) is 13.1 Å². The molecule has 0 unspecified atom stereocenters. The Morgan fingerprint density at radius 1 is 0.632 bits per heavy atom. The zero-order chi connectivity index (χ0) is 12.8. The van der Waals surface area contributed by atoms with Crippen LogP contribution in [0.5, 0.6) is 0 Å². The molecule has 0 aromatic heterocycles. The van der Waals surface area contributed by atoms with Gasteiger partial charge in [0.25, 0.3) is 0 Å². The lowest BCUT2D eigenvalue weighted by Crippen LogP contribution is -2.30. The van der Waals surface area contributed by atoms with Gasteiger partial charge in [-0.1, -0.05) is 47.5 Å². The van der Waals surface area contributed by atoms with Crippen molar-refractivity contribution in [3.05, 3.63) is 69.7 Å². The molecule has 0 saturated heterocycles. The van der Waals surface area contributed by atoms with Crippen molar-refractivity contribution in [3.8, 4) is 0 Å². The molecular formula is C14H15Cl3N2. The quantitative estimate of drug-likeness (QED) is 0.637. The molecule has 0 bridgehead atoms. The van der Waals surface area contributed by atoms with E-state index >= 15 is 0 Å². The number of nitrogens with one attached hydrogen (secondary N) is 2. The standard InChI is InChI=1S/C14H14Cl2N2.ClH/c15-13-5-1-11(2-6-13)9-17-18-10-12-3-7-14(16)8-4-12;/h1-8,17-18H,9-10H2;1H. The fourth-order valence-corrected chi connectivity index (χ4v) is 1.79. The Balaban J connectivity index is 0.00000180. The van der Waals surface area contributed by atoms with Crippen LogP contribution in [-0.4, -0.2) is 0 Å². The zero-order valence-electron chi connectivity index (χ0n) is 10.2. The second-order valence-corrected chi connectivity index (χ2v) is 4.83. The second kappa shape index (κ2) is 8.41. The smallest absolute Gasteiger partial charge is 0.0406 e. The van der Waals surface area contributed by atoms with Gasteiger partial charge in [0, 0.05) is 23.1 Å². The van der Waals surface area contributed by atoms with Gasteiger partial charge in [-0.15, -0.1) is 12.4 Å². The SMILES string of the molecule is Cl.Clc1ccc(CNNCc2ccc(Cl)cc2)cc1. The van der Waals surface area contributed by atoms with Crippen LogP contribution in [0.15, 0.2) is 48.5 Å². The summed E-state index contributed by atoms with van der Waals surface area (Å²) >= 11 is 11.6. The lowest BCUT2D eigenvalue weighted by molar-refractivity contribution is 0.529. The average molecular weight is 318 g/mol. The van der Waals surface area contributed by atoms with Gasteiger partial charge in [0.2, 0.25) is 0 Å². The van der Waals surface area contributed by atoms with Crippen LogP contribution in [0.4, 0.5) is 0 Å². The van der Waals surface area contributed by atoms with Crippen LogP contribution in [0.2, 0.25) is 10.0 Å². The lowest BCUT2D eigenvalue weighted by atomic mass is 10.2. The summed E-state index contributed by atoms with van der Waals surface area (Å²) in [6.45, 7) is 1.51. The maximum atomic E-state index is 5.82. The highest BCUT2D eigenvalue weighted by Gasteiger charge is 1.94. The number of hydrogen-bond acceptors (Lipinski definition) is 2. The van der Waals surface area contributed by atoms with Crippen molar-refractivity contribution in [2.45, 2.75) is 13.1 Å². The van der Waals surface area contributed by atoms with Crippen LogP contribution in [0.3, 0.4) is 0 Å². The fourth-order valence-electron chi connectivity index (χ4n) is 1.53. The predicted molar refractivity (Wildman–Crippen MR) is 83.8 cm³/mol. The average Bonchev–Trinajstić information content (AvgIpc) is 2.39. The molecule has 0 heterocycles. The molecule has 5 heteroatoms. The normalized spacial score (nSPS) is 10.0. The summed E-state index contributed by atoms with van der Waals surface area (Å²) in [6.07, 6.45) is 0. The van der Waals surface area contributed by atoms with Crippen LogP contribution >= 0.6 is 35.6 Å². The minimum absolute atomic E-state index is 0. The number of hydrogen-bond donors (Lipinski definition) is 2. The molecule has 2 N–H and O–H groups in total. The first kappa shape index (κ1) is 16.3. The molecule has 0 aliphatic rings. The van der Waals surface area contributed by atoms with Crippen molar-refractivity contribution in [1.82, 2.24) is 10.9 Å². The monoisotopic (exact) mass is 316 g/mol. The van der Waals surface area contributed by atoms with E-state index in [-0.39, 0.29) is 12.4 Å². The molecule has 19 heavy (non-hydrogen) atoms. The van der Waals surface area contributed by atoms with E-state index in [0.717, 1.165) is 23.1 Å². The second-order valence-electron chi connectivity index (χ2n) is 3.96. The summed E-state index contributed by atoms with van der Waals surface area (Å²) in [4.78, 5) is 0. The molecule has 0 atom stereocenters. The minimum Gasteiger partial charge on any atom is -0.253 e. The van der Waals surface area contributed by atoms with Gasteiger partial charge in [-0.2, -0.15) is 0 Å². The number of rotatable bonds is 5. The highest BCUT2D eigenvalue weighted by molar-refractivity contribution is 6.30. The Kier molecular flexibility index (Phi) is 7.21. The minimum atomic E-state index is 0. The summed E-state index contributed by atoms with van der Waals surface area (Å²) in [5.74, 6) is 0. The van der Waals surface area contributed by atoms with E-state index in [1.54, 1.807) is 0 Å². The van der Waals surface area contributed by atoms with E-state index in [1.807, 2.05) is 48.5 Å². The molecule has 0 amide bonds. The van der Waals surface area contributed by atoms with Crippen molar-refractivity contribution < 1.29 is 0 Å². The Hall–Kier alpha value is -0.770. The van der Waals surface area contributed by atoms with Crippen molar-refractivity contribution in [2.75, 3.05) is 0 Å². The van der Waals surface area contributed by atoms with Gasteiger partial charge in [-0.05, 0) is 35.4 Å². The Morgan fingerprint density at radius 2 is 0.947 bits per heavy atom. The maximum Gasteiger partial charge on any atom is 0.0406 e. The van der Waals surface area contributed by atoms with Crippen LogP contribution in [0, 0.1) is 0 Å². The molecular weight excluding hydrogens is 303 g/mol. The summed E-state index contributed by atoms with van der Waals surface area (Å²) in [7, 11) is 0. The lowest BCUT2D eigenvalue weighted by Gasteiger charge is -2.07. The van der Waals surface area contributed by atoms with Crippen LogP contribution in [0.1, 0.15) is 11.1 Å². The Bertz CT molecular complexity index is 436. The molecule has 0 fully saturated rings. The van der Waals surface area contributed by atoms with Gasteiger partial charge in [0.05, 0.1) is 0 Å². The van der Waals surface area contributed by atoms with Crippen molar-refractivity contribution in [1.29, 1.82) is 0 Å². The first-order chi connectivity index (χ1) is 8.74. The molecule has 2 rings (SSSR count). The van der Waals surface area contributed by atoms with Gasteiger partial charge >= 0.3 is 0 Å². The molecule has 2 nitrogen and oxygen atoms in total. The summed E-state index contributed by atoms with van der Waals surface area (Å²) < 4.78 is 0. The third-order valence-electron chi connectivity index (χ3n) is 2.54. The summed E-state index contributed by atoms with van der Waals surface area (Å²) in [5.41, 5.74) is 8.68. The van der Waals surface area contributed by atoms with Crippen molar-refractivity contribution >= 4 is 35.6 Å². The van der Waals surface area contributed by atoms with E-state index < -0.39 is 0 Å². The van der Waals surface area contributed by atoms with Gasteiger partial charge in [0.15, 0.2) is 0 Å². The number of hydrazine groups is 1. The van der Waals surface area contributed by atoms with Crippen LogP contribution in [0.25, 0.3) is 0 Å².